The van der Waals surface area contributed by atoms with Crippen LogP contribution in [0.15, 0.2) is 59.6 Å². The van der Waals surface area contributed by atoms with Crippen molar-refractivity contribution in [2.24, 2.45) is 4.99 Å². The molecule has 0 aliphatic carbocycles. The highest BCUT2D eigenvalue weighted by atomic mass is 35.5. The molecular formula is C18H16ClN3O2S. The number of thioether (sulfide) groups is 1. The Morgan fingerprint density at radius 3 is 2.60 bits per heavy atom. The number of hydrogen-bond acceptors (Lipinski definition) is 4. The van der Waals surface area contributed by atoms with Crippen molar-refractivity contribution in [2.45, 2.75) is 11.7 Å². The van der Waals surface area contributed by atoms with E-state index in [1.165, 1.54) is 16.7 Å². The molecule has 7 heteroatoms. The van der Waals surface area contributed by atoms with Gasteiger partial charge in [-0.15, -0.1) is 0 Å². The van der Waals surface area contributed by atoms with E-state index in [0.717, 1.165) is 5.69 Å². The number of benzene rings is 2. The molecular weight excluding hydrogens is 358 g/mol. The Balaban J connectivity index is 1.78. The summed E-state index contributed by atoms with van der Waals surface area (Å²) in [6.07, 6.45) is 0.116. The zero-order valence-electron chi connectivity index (χ0n) is 13.5. The van der Waals surface area contributed by atoms with Crippen LogP contribution >= 0.6 is 23.4 Å². The van der Waals surface area contributed by atoms with Gasteiger partial charge in [-0.25, -0.2) is 4.99 Å². The standard InChI is InChI=1S/C18H16ClN3O2S/c1-22-16(23)11-15(17(24)21-14-10-6-5-9-13(14)19)25-18(22)20-12-7-3-2-4-8-12/h2-10,15H,11H2,1H3,(H,21,24). The van der Waals surface area contributed by atoms with Gasteiger partial charge in [0.25, 0.3) is 0 Å². The molecule has 0 saturated carbocycles. The zero-order valence-corrected chi connectivity index (χ0v) is 15.1. The third-order valence-corrected chi connectivity index (χ3v) is 5.24. The highest BCUT2D eigenvalue weighted by Gasteiger charge is 2.34. The van der Waals surface area contributed by atoms with Crippen LogP contribution in [0.2, 0.25) is 5.02 Å². The van der Waals surface area contributed by atoms with Crippen LogP contribution < -0.4 is 5.32 Å². The minimum absolute atomic E-state index is 0.116. The summed E-state index contributed by atoms with van der Waals surface area (Å²) in [5.74, 6) is -0.409. The van der Waals surface area contributed by atoms with Gasteiger partial charge in [0.15, 0.2) is 5.17 Å². The Morgan fingerprint density at radius 2 is 1.88 bits per heavy atom. The van der Waals surface area contributed by atoms with Crippen molar-refractivity contribution in [3.8, 4) is 0 Å². The van der Waals surface area contributed by atoms with E-state index in [1.54, 1.807) is 31.3 Å². The van der Waals surface area contributed by atoms with Crippen molar-refractivity contribution in [1.29, 1.82) is 0 Å². The van der Waals surface area contributed by atoms with Crippen LogP contribution in [0.4, 0.5) is 11.4 Å². The van der Waals surface area contributed by atoms with Gasteiger partial charge in [0.2, 0.25) is 11.8 Å². The van der Waals surface area contributed by atoms with Crippen molar-refractivity contribution < 1.29 is 9.59 Å². The van der Waals surface area contributed by atoms with Gasteiger partial charge in [0.05, 0.1) is 16.4 Å². The van der Waals surface area contributed by atoms with Gasteiger partial charge in [-0.05, 0) is 24.3 Å². The van der Waals surface area contributed by atoms with E-state index in [2.05, 4.69) is 10.3 Å². The molecule has 2 amide bonds. The summed E-state index contributed by atoms with van der Waals surface area (Å²) in [5, 5.41) is 3.19. The molecule has 2 aromatic rings. The molecule has 25 heavy (non-hydrogen) atoms. The molecule has 5 nitrogen and oxygen atoms in total. The van der Waals surface area contributed by atoms with Crippen molar-refractivity contribution >= 4 is 51.7 Å². The topological polar surface area (TPSA) is 61.8 Å². The molecule has 1 atom stereocenters. The Bertz CT molecular complexity index is 826. The number of amides is 2. The third kappa shape index (κ3) is 4.21. The lowest BCUT2D eigenvalue weighted by Gasteiger charge is -2.28. The second-order valence-corrected chi connectivity index (χ2v) is 7.04. The predicted molar refractivity (Wildman–Crippen MR) is 102 cm³/mol. The molecule has 1 saturated heterocycles. The highest BCUT2D eigenvalue weighted by Crippen LogP contribution is 2.29. The molecule has 1 aliphatic heterocycles. The highest BCUT2D eigenvalue weighted by molar-refractivity contribution is 8.15. The first-order valence-corrected chi connectivity index (χ1v) is 8.92. The average molecular weight is 374 g/mol. The fourth-order valence-corrected chi connectivity index (χ4v) is 3.53. The number of anilines is 1. The molecule has 3 rings (SSSR count). The molecule has 1 N–H and O–H groups in total. The molecule has 2 aromatic carbocycles. The van der Waals surface area contributed by atoms with Gasteiger partial charge < -0.3 is 5.32 Å². The summed E-state index contributed by atoms with van der Waals surface area (Å²) in [4.78, 5) is 30.8. The molecule has 1 heterocycles. The first kappa shape index (κ1) is 17.5. The maximum atomic E-state index is 12.6. The van der Waals surface area contributed by atoms with Gasteiger partial charge in [0.1, 0.15) is 5.25 Å². The van der Waals surface area contributed by atoms with Crippen molar-refractivity contribution in [2.75, 3.05) is 12.4 Å². The number of carbonyl (C=O) groups excluding carboxylic acids is 2. The predicted octanol–water partition coefficient (Wildman–Crippen LogP) is 3.93. The number of hydrogen-bond donors (Lipinski definition) is 1. The van der Waals surface area contributed by atoms with Crippen LogP contribution in [0.3, 0.4) is 0 Å². The fourth-order valence-electron chi connectivity index (χ4n) is 2.29. The molecule has 0 radical (unpaired) electrons. The zero-order chi connectivity index (χ0) is 17.8. The largest absolute Gasteiger partial charge is 0.324 e. The molecule has 0 bridgehead atoms. The smallest absolute Gasteiger partial charge is 0.238 e. The van der Waals surface area contributed by atoms with Crippen LogP contribution in [-0.2, 0) is 9.59 Å². The lowest BCUT2D eigenvalue weighted by Crippen LogP contribution is -2.43. The Morgan fingerprint density at radius 1 is 1.20 bits per heavy atom. The van der Waals surface area contributed by atoms with Crippen LogP contribution in [0.1, 0.15) is 6.42 Å². The van der Waals surface area contributed by atoms with Crippen molar-refractivity contribution in [1.82, 2.24) is 4.90 Å². The monoisotopic (exact) mass is 373 g/mol. The SMILES string of the molecule is CN1C(=O)CC(C(=O)Nc2ccccc2Cl)SC1=Nc1ccccc1. The number of rotatable bonds is 3. The van der Waals surface area contributed by atoms with E-state index in [9.17, 15) is 9.59 Å². The van der Waals surface area contributed by atoms with E-state index in [-0.39, 0.29) is 18.2 Å². The normalized spacial score (nSPS) is 19.1. The van der Waals surface area contributed by atoms with Crippen LogP contribution in [0.5, 0.6) is 0 Å². The maximum absolute atomic E-state index is 12.6. The summed E-state index contributed by atoms with van der Waals surface area (Å²) >= 11 is 7.35. The van der Waals surface area contributed by atoms with Crippen molar-refractivity contribution in [3.63, 3.8) is 0 Å². The summed E-state index contributed by atoms with van der Waals surface area (Å²) in [5.41, 5.74) is 1.26. The fraction of sp³-hybridized carbons (Fsp3) is 0.167. The third-order valence-electron chi connectivity index (χ3n) is 3.67. The first-order valence-electron chi connectivity index (χ1n) is 7.67. The molecule has 1 unspecified atom stereocenters. The number of amidine groups is 1. The maximum Gasteiger partial charge on any atom is 0.238 e. The second-order valence-electron chi connectivity index (χ2n) is 5.46. The molecule has 1 aliphatic rings. The Hall–Kier alpha value is -2.31. The molecule has 1 fully saturated rings. The van der Waals surface area contributed by atoms with Crippen LogP contribution in [0, 0.1) is 0 Å². The number of nitrogens with one attached hydrogen (secondary N) is 1. The van der Waals surface area contributed by atoms with Gasteiger partial charge in [0, 0.05) is 13.5 Å². The van der Waals surface area contributed by atoms with Crippen LogP contribution in [0.25, 0.3) is 0 Å². The van der Waals surface area contributed by atoms with Crippen LogP contribution in [-0.4, -0.2) is 34.2 Å². The molecule has 0 spiro atoms. The quantitative estimate of drug-likeness (QED) is 0.886. The Labute approximate surface area is 155 Å². The van der Waals surface area contributed by atoms with Gasteiger partial charge >= 0.3 is 0 Å². The van der Waals surface area contributed by atoms with Crippen molar-refractivity contribution in [3.05, 3.63) is 59.6 Å². The number of para-hydroxylation sites is 2. The van der Waals surface area contributed by atoms with Gasteiger partial charge in [-0.3, -0.25) is 14.5 Å². The minimum atomic E-state index is -0.553. The summed E-state index contributed by atoms with van der Waals surface area (Å²) in [7, 11) is 1.67. The van der Waals surface area contributed by atoms with E-state index in [0.29, 0.717) is 15.9 Å². The number of nitrogens with zero attached hydrogens (tertiary/aromatic N) is 2. The van der Waals surface area contributed by atoms with E-state index in [1.807, 2.05) is 30.3 Å². The summed E-state index contributed by atoms with van der Waals surface area (Å²) in [6, 6.07) is 16.3. The summed E-state index contributed by atoms with van der Waals surface area (Å²) < 4.78 is 0. The second kappa shape index (κ2) is 7.72. The Kier molecular flexibility index (Phi) is 5.40. The van der Waals surface area contributed by atoms with Gasteiger partial charge in [-0.1, -0.05) is 53.7 Å². The van der Waals surface area contributed by atoms with E-state index < -0.39 is 5.25 Å². The van der Waals surface area contributed by atoms with E-state index in [4.69, 9.17) is 11.6 Å². The number of halogens is 1. The van der Waals surface area contributed by atoms with E-state index >= 15 is 0 Å². The van der Waals surface area contributed by atoms with Gasteiger partial charge in [-0.2, -0.15) is 0 Å². The lowest BCUT2D eigenvalue weighted by molar-refractivity contribution is -0.128. The number of carbonyl (C=O) groups is 2. The summed E-state index contributed by atoms with van der Waals surface area (Å²) in [6.45, 7) is 0. The molecule has 128 valence electrons. The minimum Gasteiger partial charge on any atom is -0.324 e. The average Bonchev–Trinajstić information content (AvgIpc) is 2.61. The lowest BCUT2D eigenvalue weighted by atomic mass is 10.2. The number of aliphatic imine (C=N–C) groups is 1. The first-order chi connectivity index (χ1) is 12.0. The molecule has 0 aromatic heterocycles.